The minimum Gasteiger partial charge on any atom is -0.497 e. The third-order valence-corrected chi connectivity index (χ3v) is 19.7. The number of nitro groups is 1. The molecule has 15 nitrogen and oxygen atoms in total. The Hall–Kier alpha value is -6.43. The van der Waals surface area contributed by atoms with Crippen LogP contribution in [-0.2, 0) is 50.7 Å². The van der Waals surface area contributed by atoms with Crippen molar-refractivity contribution < 1.29 is 43.7 Å². The van der Waals surface area contributed by atoms with Crippen LogP contribution < -0.4 is 29.8 Å². The quantitative estimate of drug-likeness (QED) is 0.0376. The Morgan fingerprint density at radius 3 is 2.31 bits per heavy atom. The van der Waals surface area contributed by atoms with E-state index >= 15 is 4.79 Å². The van der Waals surface area contributed by atoms with Gasteiger partial charge >= 0.3 is 0 Å². The van der Waals surface area contributed by atoms with Gasteiger partial charge in [0.2, 0.25) is 11.8 Å². The number of hydrogen-bond donors (Lipinski definition) is 3. The van der Waals surface area contributed by atoms with Crippen molar-refractivity contribution in [3.8, 4) is 11.5 Å². The number of nitrogens with zero attached hydrogens (tertiary/aromatic N) is 4. The highest BCUT2D eigenvalue weighted by atomic mass is 28.3. The third kappa shape index (κ3) is 9.12. The standard InChI is InChI=1S/C55H63N5O10Si/c1-6-69-44-20-24-48-39(28-44)29-47(56-25-9-10-26-61)53(64)59(48)40-15-13-36(14-16-40)32-58-49-23-17-41(60(66)67)30-46(49)55(54(58)65)35(2)52(71(4,5)45-21-18-43(68-3)19-22-45)50(70-55)31-51(63)57-33-38-12-8-7-11-37(38)27-42(57)34-62/h7-8,11-24,28,30,35,42,47,50,52,56,61-62H,6,9-10,25-27,29,31-34H2,1-5H3/t35-,42-,47?,50+,52-,55+/m0/s1. The molecule has 0 aromatic heterocycles. The first-order valence-corrected chi connectivity index (χ1v) is 27.7. The second-order valence-electron chi connectivity index (χ2n) is 19.7. The van der Waals surface area contributed by atoms with Gasteiger partial charge < -0.3 is 39.5 Å². The number of unbranched alkanes of at least 4 members (excludes halogenated alkanes) is 1. The Bertz CT molecular complexity index is 2810. The number of non-ortho nitro benzene ring substituents is 1. The van der Waals surface area contributed by atoms with Crippen molar-refractivity contribution in [3.63, 3.8) is 0 Å². The fourth-order valence-corrected chi connectivity index (χ4v) is 15.8. The molecule has 1 spiro atoms. The van der Waals surface area contributed by atoms with Gasteiger partial charge in [-0.2, -0.15) is 0 Å². The fraction of sp³-hybridized carbons (Fsp3) is 0.400. The zero-order valence-corrected chi connectivity index (χ0v) is 42.0. The molecular formula is C55H63N5O10Si. The van der Waals surface area contributed by atoms with Gasteiger partial charge in [-0.1, -0.05) is 73.7 Å². The molecule has 6 atom stereocenters. The Labute approximate surface area is 415 Å². The van der Waals surface area contributed by atoms with Crippen LogP contribution in [0.25, 0.3) is 0 Å². The lowest BCUT2D eigenvalue weighted by Gasteiger charge is -2.39. The third-order valence-electron chi connectivity index (χ3n) is 15.3. The first kappa shape index (κ1) is 49.5. The second kappa shape index (κ2) is 20.4. The van der Waals surface area contributed by atoms with Gasteiger partial charge in [-0.25, -0.2) is 0 Å². The average molecular weight is 982 g/mol. The summed E-state index contributed by atoms with van der Waals surface area (Å²) in [6.45, 7) is 9.70. The zero-order chi connectivity index (χ0) is 50.2. The number of methoxy groups -OCH3 is 1. The van der Waals surface area contributed by atoms with E-state index in [4.69, 9.17) is 14.2 Å². The zero-order valence-electron chi connectivity index (χ0n) is 41.0. The van der Waals surface area contributed by atoms with E-state index in [2.05, 4.69) is 18.4 Å². The van der Waals surface area contributed by atoms with Crippen LogP contribution in [0.15, 0.2) is 109 Å². The van der Waals surface area contributed by atoms with E-state index in [1.54, 1.807) is 27.9 Å². The maximum absolute atomic E-state index is 15.7. The van der Waals surface area contributed by atoms with Gasteiger partial charge in [0.25, 0.3) is 11.6 Å². The molecule has 3 amide bonds. The largest absolute Gasteiger partial charge is 0.497 e. The first-order valence-electron chi connectivity index (χ1n) is 24.7. The fourth-order valence-electron chi connectivity index (χ4n) is 11.8. The predicted molar refractivity (Wildman–Crippen MR) is 273 cm³/mol. The average Bonchev–Trinajstić information content (AvgIpc) is 3.80. The summed E-state index contributed by atoms with van der Waals surface area (Å²) in [6.07, 6.45) is 1.50. The second-order valence-corrected chi connectivity index (χ2v) is 24.4. The number of carbonyl (C=O) groups is 3. The van der Waals surface area contributed by atoms with E-state index in [1.807, 2.05) is 105 Å². The van der Waals surface area contributed by atoms with E-state index < -0.39 is 42.7 Å². The number of aliphatic hydroxyl groups excluding tert-OH is 2. The van der Waals surface area contributed by atoms with Crippen molar-refractivity contribution in [3.05, 3.63) is 147 Å². The lowest BCUT2D eigenvalue weighted by atomic mass is 9.82. The van der Waals surface area contributed by atoms with Crippen molar-refractivity contribution in [2.75, 3.05) is 43.3 Å². The normalized spacial score (nSPS) is 22.6. The summed E-state index contributed by atoms with van der Waals surface area (Å²) in [5.74, 6) is 0.187. The molecule has 0 aliphatic carbocycles. The maximum Gasteiger partial charge on any atom is 0.269 e. The van der Waals surface area contributed by atoms with Crippen LogP contribution in [0.4, 0.5) is 22.7 Å². The molecule has 5 aromatic rings. The van der Waals surface area contributed by atoms with Gasteiger partial charge in [-0.15, -0.1) is 0 Å². The van der Waals surface area contributed by atoms with E-state index in [1.165, 1.54) is 12.1 Å². The lowest BCUT2D eigenvalue weighted by molar-refractivity contribution is -0.385. The first-order chi connectivity index (χ1) is 34.2. The number of rotatable bonds is 17. The molecule has 5 aromatic carbocycles. The van der Waals surface area contributed by atoms with Gasteiger partial charge in [-0.3, -0.25) is 29.4 Å². The van der Waals surface area contributed by atoms with Crippen LogP contribution in [-0.4, -0.2) is 97.5 Å². The number of fused-ring (bicyclic) bond motifs is 4. The van der Waals surface area contributed by atoms with Gasteiger partial charge in [0.15, 0.2) is 5.60 Å². The van der Waals surface area contributed by atoms with E-state index in [0.717, 1.165) is 39.5 Å². The Balaban J connectivity index is 1.06. The summed E-state index contributed by atoms with van der Waals surface area (Å²) in [6, 6.07) is 32.6. The highest BCUT2D eigenvalue weighted by Crippen LogP contribution is 2.60. The summed E-state index contributed by atoms with van der Waals surface area (Å²) in [5.41, 5.74) is 3.88. The highest BCUT2D eigenvalue weighted by molar-refractivity contribution is 6.91. The van der Waals surface area contributed by atoms with E-state index in [9.17, 15) is 29.9 Å². The van der Waals surface area contributed by atoms with Gasteiger partial charge in [0.1, 0.15) is 11.5 Å². The molecule has 4 heterocycles. The Kier molecular flexibility index (Phi) is 14.2. The molecule has 372 valence electrons. The molecule has 9 rings (SSSR count). The summed E-state index contributed by atoms with van der Waals surface area (Å²) >= 11 is 0. The Morgan fingerprint density at radius 1 is 0.901 bits per heavy atom. The monoisotopic (exact) mass is 981 g/mol. The summed E-state index contributed by atoms with van der Waals surface area (Å²) in [5, 5.41) is 36.9. The number of aliphatic hydroxyl groups is 2. The Morgan fingerprint density at radius 2 is 1.62 bits per heavy atom. The summed E-state index contributed by atoms with van der Waals surface area (Å²) < 4.78 is 18.6. The predicted octanol–water partition coefficient (Wildman–Crippen LogP) is 7.05. The molecule has 1 saturated heterocycles. The smallest absolute Gasteiger partial charge is 0.269 e. The van der Waals surface area contributed by atoms with Crippen LogP contribution in [0.1, 0.15) is 60.9 Å². The molecular weight excluding hydrogens is 919 g/mol. The van der Waals surface area contributed by atoms with Gasteiger partial charge in [0, 0.05) is 42.5 Å². The van der Waals surface area contributed by atoms with Crippen LogP contribution >= 0.6 is 0 Å². The molecule has 71 heavy (non-hydrogen) atoms. The van der Waals surface area contributed by atoms with Crippen LogP contribution in [0.2, 0.25) is 18.6 Å². The number of ether oxygens (including phenoxy) is 3. The molecule has 3 N–H and O–H groups in total. The van der Waals surface area contributed by atoms with Gasteiger partial charge in [0.05, 0.1) is 75.8 Å². The SMILES string of the molecule is CCOc1ccc2c(c1)CC(NCCCCO)C(=O)N2c1ccc(CN2C(=O)[C@]3(O[C@H](CC(=O)N4Cc5ccccc5C[C@H]4CO)[C@@H]([Si](C)(C)c4ccc(OC)cc4)[C@@H]3C)c3cc([N+](=O)[O-])ccc32)cc1. The molecule has 4 aliphatic heterocycles. The highest BCUT2D eigenvalue weighted by Gasteiger charge is 2.67. The lowest BCUT2D eigenvalue weighted by Crippen LogP contribution is -2.52. The maximum atomic E-state index is 15.7. The van der Waals surface area contributed by atoms with Crippen molar-refractivity contribution in [2.45, 2.75) is 101 Å². The van der Waals surface area contributed by atoms with E-state index in [-0.39, 0.29) is 55.1 Å². The number of nitro benzene ring substituents is 1. The molecule has 4 aliphatic rings. The molecule has 1 unspecified atom stereocenters. The molecule has 0 saturated carbocycles. The minimum atomic E-state index is -2.72. The number of nitrogens with one attached hydrogen (secondary N) is 1. The van der Waals surface area contributed by atoms with Crippen LogP contribution in [0.3, 0.4) is 0 Å². The number of amides is 3. The minimum absolute atomic E-state index is 0.0641. The van der Waals surface area contributed by atoms with Crippen molar-refractivity contribution in [1.29, 1.82) is 0 Å². The number of benzene rings is 5. The van der Waals surface area contributed by atoms with Crippen molar-refractivity contribution in [2.24, 2.45) is 5.92 Å². The van der Waals surface area contributed by atoms with Crippen molar-refractivity contribution in [1.82, 2.24) is 10.2 Å². The topological polar surface area (TPSA) is 184 Å². The van der Waals surface area contributed by atoms with Gasteiger partial charge in [-0.05, 0) is 115 Å². The van der Waals surface area contributed by atoms with E-state index in [0.29, 0.717) is 67.4 Å². The summed E-state index contributed by atoms with van der Waals surface area (Å²) in [4.78, 5) is 61.8. The number of anilines is 3. The van der Waals surface area contributed by atoms with Crippen molar-refractivity contribution >= 4 is 53.7 Å². The van der Waals surface area contributed by atoms with Crippen LogP contribution in [0.5, 0.6) is 11.5 Å². The van der Waals surface area contributed by atoms with Crippen LogP contribution in [0, 0.1) is 16.0 Å². The number of hydrogen-bond acceptors (Lipinski definition) is 11. The molecule has 1 fully saturated rings. The molecule has 16 heteroatoms. The number of carbonyl (C=O) groups excluding carboxylic acids is 3. The molecule has 0 bridgehead atoms. The molecule has 0 radical (unpaired) electrons. The summed E-state index contributed by atoms with van der Waals surface area (Å²) in [7, 11) is -1.11.